The maximum absolute atomic E-state index is 9.40. The number of benzene rings is 1. The summed E-state index contributed by atoms with van der Waals surface area (Å²) in [7, 11) is 0. The van der Waals surface area contributed by atoms with Gasteiger partial charge in [0.1, 0.15) is 10.8 Å². The molecule has 0 radical (unpaired) electrons. The highest BCUT2D eigenvalue weighted by molar-refractivity contribution is 7.21. The van der Waals surface area contributed by atoms with Gasteiger partial charge in [-0.1, -0.05) is 12.1 Å². The van der Waals surface area contributed by atoms with E-state index in [1.807, 2.05) is 30.5 Å². The van der Waals surface area contributed by atoms with Crippen molar-refractivity contribution in [2.24, 2.45) is 0 Å². The number of hydrogen-bond acceptors (Lipinski definition) is 7. The number of pyridine rings is 1. The molecule has 3 aromatic heterocycles. The molecule has 2 unspecified atom stereocenters. The minimum Gasteiger partial charge on any atom is -0.395 e. The van der Waals surface area contributed by atoms with Crippen LogP contribution < -0.4 is 11.1 Å². The third kappa shape index (κ3) is 2.95. The molecule has 2 atom stereocenters. The van der Waals surface area contributed by atoms with Crippen LogP contribution in [-0.4, -0.2) is 44.5 Å². The Morgan fingerprint density at radius 3 is 2.93 bits per heavy atom. The number of nitrogens with one attached hydrogen (secondary N) is 2. The number of aliphatic hydroxyl groups excluding tert-OH is 1. The van der Waals surface area contributed by atoms with Crippen LogP contribution >= 0.6 is 11.3 Å². The van der Waals surface area contributed by atoms with Gasteiger partial charge < -0.3 is 16.2 Å². The smallest absolute Gasteiger partial charge is 0.133 e. The van der Waals surface area contributed by atoms with Gasteiger partial charge in [-0.2, -0.15) is 5.10 Å². The van der Waals surface area contributed by atoms with Crippen LogP contribution in [0.3, 0.4) is 0 Å². The summed E-state index contributed by atoms with van der Waals surface area (Å²) in [4.78, 5) is 9.15. The van der Waals surface area contributed by atoms with Crippen LogP contribution in [-0.2, 0) is 0 Å². The van der Waals surface area contributed by atoms with Gasteiger partial charge in [0.05, 0.1) is 28.6 Å². The molecule has 0 bridgehead atoms. The minimum absolute atomic E-state index is 0.129. The van der Waals surface area contributed by atoms with Crippen molar-refractivity contribution in [3.8, 4) is 21.7 Å². The second-order valence-corrected chi connectivity index (χ2v) is 8.09. The number of fused-ring (bicyclic) bond motifs is 1. The molecule has 1 aliphatic heterocycles. The van der Waals surface area contributed by atoms with Crippen LogP contribution in [0.1, 0.15) is 18.0 Å². The van der Waals surface area contributed by atoms with Crippen molar-refractivity contribution in [3.05, 3.63) is 48.4 Å². The van der Waals surface area contributed by atoms with Gasteiger partial charge in [-0.05, 0) is 24.6 Å². The Labute approximate surface area is 165 Å². The second kappa shape index (κ2) is 6.97. The summed E-state index contributed by atoms with van der Waals surface area (Å²) in [6, 6.07) is 10.2. The number of thiazole rings is 1. The van der Waals surface area contributed by atoms with Crippen LogP contribution in [0.25, 0.3) is 31.9 Å². The van der Waals surface area contributed by atoms with Gasteiger partial charge in [0.25, 0.3) is 0 Å². The van der Waals surface area contributed by atoms with Gasteiger partial charge in [0.2, 0.25) is 0 Å². The topological polar surface area (TPSA) is 113 Å². The number of hydrogen-bond donors (Lipinski definition) is 4. The summed E-state index contributed by atoms with van der Waals surface area (Å²) in [5.41, 5.74) is 11.0. The van der Waals surface area contributed by atoms with Crippen molar-refractivity contribution < 1.29 is 5.11 Å². The summed E-state index contributed by atoms with van der Waals surface area (Å²) in [5.74, 6) is 0.744. The lowest BCUT2D eigenvalue weighted by atomic mass is 9.95. The first-order valence-electron chi connectivity index (χ1n) is 9.22. The Bertz CT molecular complexity index is 1100. The Morgan fingerprint density at radius 1 is 1.21 bits per heavy atom. The first-order chi connectivity index (χ1) is 13.7. The maximum atomic E-state index is 9.40. The van der Waals surface area contributed by atoms with Crippen LogP contribution in [0.5, 0.6) is 0 Å². The summed E-state index contributed by atoms with van der Waals surface area (Å²) < 4.78 is 1.12. The quantitative estimate of drug-likeness (QED) is 0.425. The molecule has 1 saturated heterocycles. The van der Waals surface area contributed by atoms with E-state index in [1.165, 1.54) is 0 Å². The van der Waals surface area contributed by atoms with Crippen molar-refractivity contribution in [1.82, 2.24) is 25.5 Å². The molecule has 0 spiro atoms. The lowest BCUT2D eigenvalue weighted by Gasteiger charge is -2.11. The van der Waals surface area contributed by atoms with Crippen molar-refractivity contribution in [3.63, 3.8) is 0 Å². The van der Waals surface area contributed by atoms with Crippen molar-refractivity contribution in [2.75, 3.05) is 18.9 Å². The van der Waals surface area contributed by atoms with E-state index in [-0.39, 0.29) is 18.6 Å². The lowest BCUT2D eigenvalue weighted by molar-refractivity contribution is 0.254. The van der Waals surface area contributed by atoms with Gasteiger partial charge in [-0.15, -0.1) is 11.3 Å². The number of nitrogen functional groups attached to an aromatic ring is 1. The molecule has 28 heavy (non-hydrogen) atoms. The molecule has 1 aromatic carbocycles. The molecule has 142 valence electrons. The van der Waals surface area contributed by atoms with Crippen molar-refractivity contribution in [1.29, 1.82) is 0 Å². The molecule has 5 N–H and O–H groups in total. The highest BCUT2D eigenvalue weighted by Crippen LogP contribution is 2.37. The number of aliphatic hydroxyl groups is 1. The Balaban J connectivity index is 1.54. The lowest BCUT2D eigenvalue weighted by Crippen LogP contribution is -2.24. The van der Waals surface area contributed by atoms with E-state index in [0.717, 1.165) is 50.6 Å². The molecule has 1 fully saturated rings. The number of nitrogens with zero attached hydrogens (tertiary/aromatic N) is 3. The molecule has 0 amide bonds. The third-order valence-corrected chi connectivity index (χ3v) is 6.34. The molecule has 4 heterocycles. The molecule has 5 rings (SSSR count). The van der Waals surface area contributed by atoms with E-state index < -0.39 is 0 Å². The number of aromatic amines is 1. The predicted octanol–water partition coefficient (Wildman–Crippen LogP) is 2.77. The predicted molar refractivity (Wildman–Crippen MR) is 111 cm³/mol. The monoisotopic (exact) mass is 392 g/mol. The zero-order valence-electron chi connectivity index (χ0n) is 15.1. The largest absolute Gasteiger partial charge is 0.395 e. The average Bonchev–Trinajstić information content (AvgIpc) is 3.45. The minimum atomic E-state index is 0.129. The van der Waals surface area contributed by atoms with Crippen molar-refractivity contribution >= 4 is 27.4 Å². The van der Waals surface area contributed by atoms with Gasteiger partial charge in [-0.3, -0.25) is 5.10 Å². The van der Waals surface area contributed by atoms with E-state index in [2.05, 4.69) is 26.6 Å². The van der Waals surface area contributed by atoms with Crippen LogP contribution in [0.15, 0.2) is 42.7 Å². The first-order valence-corrected chi connectivity index (χ1v) is 10.0. The normalized spacial score (nSPS) is 19.5. The number of rotatable bonds is 4. The standard InChI is InChI=1S/C20H20N6OS/c21-19-14(20-25-16-3-1-2-4-17(16)28-20)6-11(7-23-19)15-9-24-26-18(15)12-5-13(10-27)22-8-12/h1-4,6-7,9,12-13,22,27H,5,8,10H2,(H2,21,23)(H,24,26). The van der Waals surface area contributed by atoms with Gasteiger partial charge >= 0.3 is 0 Å². The summed E-state index contributed by atoms with van der Waals surface area (Å²) in [6.45, 7) is 0.957. The molecule has 0 aliphatic carbocycles. The van der Waals surface area contributed by atoms with E-state index in [4.69, 9.17) is 10.7 Å². The van der Waals surface area contributed by atoms with E-state index in [0.29, 0.717) is 5.82 Å². The molecular formula is C20H20N6OS. The summed E-state index contributed by atoms with van der Waals surface area (Å²) >= 11 is 1.61. The van der Waals surface area contributed by atoms with Gasteiger partial charge in [0, 0.05) is 41.5 Å². The highest BCUT2D eigenvalue weighted by Gasteiger charge is 2.28. The van der Waals surface area contributed by atoms with Crippen LogP contribution in [0, 0.1) is 0 Å². The number of anilines is 1. The maximum Gasteiger partial charge on any atom is 0.133 e. The SMILES string of the molecule is Nc1ncc(-c2cn[nH]c2C2CNC(CO)C2)cc1-c1nc2ccccc2s1. The van der Waals surface area contributed by atoms with Gasteiger partial charge in [-0.25, -0.2) is 9.97 Å². The number of aromatic nitrogens is 4. The molecule has 4 aromatic rings. The van der Waals surface area contributed by atoms with Crippen LogP contribution in [0.2, 0.25) is 0 Å². The average molecular weight is 392 g/mol. The number of H-pyrrole nitrogens is 1. The fourth-order valence-corrected chi connectivity index (χ4v) is 4.79. The summed E-state index contributed by atoms with van der Waals surface area (Å²) in [6.07, 6.45) is 4.49. The molecule has 1 aliphatic rings. The zero-order valence-corrected chi connectivity index (χ0v) is 15.9. The van der Waals surface area contributed by atoms with E-state index >= 15 is 0 Å². The fraction of sp³-hybridized carbons (Fsp3) is 0.250. The number of para-hydroxylation sites is 1. The highest BCUT2D eigenvalue weighted by atomic mass is 32.1. The fourth-order valence-electron chi connectivity index (χ4n) is 3.80. The van der Waals surface area contributed by atoms with E-state index in [9.17, 15) is 5.11 Å². The molecule has 0 saturated carbocycles. The third-order valence-electron chi connectivity index (χ3n) is 5.27. The molecule has 7 nitrogen and oxygen atoms in total. The molecule has 8 heteroatoms. The number of nitrogens with two attached hydrogens (primary N) is 1. The van der Waals surface area contributed by atoms with Gasteiger partial charge in [0.15, 0.2) is 0 Å². The van der Waals surface area contributed by atoms with Crippen molar-refractivity contribution in [2.45, 2.75) is 18.4 Å². The zero-order chi connectivity index (χ0) is 19.1. The molecular weight excluding hydrogens is 372 g/mol. The van der Waals surface area contributed by atoms with Crippen LogP contribution in [0.4, 0.5) is 5.82 Å². The summed E-state index contributed by atoms with van der Waals surface area (Å²) in [5, 5.41) is 21.0. The first kappa shape index (κ1) is 17.3. The second-order valence-electron chi connectivity index (χ2n) is 7.06. The Morgan fingerprint density at radius 2 is 2.11 bits per heavy atom. The van der Waals surface area contributed by atoms with E-state index in [1.54, 1.807) is 17.5 Å². The Kier molecular flexibility index (Phi) is 4.31. The Hall–Kier alpha value is -2.81.